The highest BCUT2D eigenvalue weighted by Crippen LogP contribution is 2.35. The van der Waals surface area contributed by atoms with Crippen LogP contribution in [0.25, 0.3) is 0 Å². The number of ether oxygens (including phenoxy) is 1. The molecule has 2 aliphatic heterocycles. The first-order valence-electron chi connectivity index (χ1n) is 11.3. The van der Waals surface area contributed by atoms with Crippen molar-refractivity contribution in [1.82, 2.24) is 0 Å². The number of aryl methyl sites for hydroxylation is 2. The molecule has 0 radical (unpaired) electrons. The molecule has 1 amide bonds. The van der Waals surface area contributed by atoms with Crippen LogP contribution in [0.5, 0.6) is 0 Å². The molecule has 2 saturated heterocycles. The van der Waals surface area contributed by atoms with Crippen LogP contribution in [0.4, 0.5) is 5.69 Å². The molecule has 0 saturated carbocycles. The minimum atomic E-state index is -0.243. The second kappa shape index (κ2) is 9.13. The predicted molar refractivity (Wildman–Crippen MR) is 122 cm³/mol. The summed E-state index contributed by atoms with van der Waals surface area (Å²) in [6.07, 6.45) is 2.76. The topological polar surface area (TPSA) is 70.4 Å². The summed E-state index contributed by atoms with van der Waals surface area (Å²) in [5.41, 5.74) is 4.34. The molecule has 166 valence electrons. The van der Waals surface area contributed by atoms with E-state index in [4.69, 9.17) is 4.74 Å². The number of carbonyl (C=O) groups excluding carboxylic acids is 2. The van der Waals surface area contributed by atoms with Gasteiger partial charge in [-0.25, -0.2) is 4.79 Å². The van der Waals surface area contributed by atoms with E-state index in [1.807, 2.05) is 61.2 Å². The second-order valence-electron chi connectivity index (χ2n) is 9.04. The molecule has 0 N–H and O–H groups in total. The first-order chi connectivity index (χ1) is 15.4. The van der Waals surface area contributed by atoms with Crippen molar-refractivity contribution in [2.45, 2.75) is 45.8 Å². The first kappa shape index (κ1) is 22.0. The molecule has 2 fully saturated rings. The fourth-order valence-corrected chi connectivity index (χ4v) is 5.43. The van der Waals surface area contributed by atoms with E-state index in [1.54, 1.807) is 0 Å². The fourth-order valence-electron chi connectivity index (χ4n) is 5.43. The number of likely N-dealkylation sites (tertiary alicyclic amines) is 1. The second-order valence-corrected chi connectivity index (χ2v) is 9.04. The highest BCUT2D eigenvalue weighted by molar-refractivity contribution is 6.00. The van der Waals surface area contributed by atoms with E-state index in [-0.39, 0.29) is 31.1 Å². The van der Waals surface area contributed by atoms with Crippen molar-refractivity contribution >= 4 is 17.6 Å². The third kappa shape index (κ3) is 4.26. The molecule has 0 aliphatic carbocycles. The fraction of sp³-hybridized carbons (Fsp3) is 0.423. The Balaban J connectivity index is 1.50. The highest BCUT2D eigenvalue weighted by Gasteiger charge is 2.51. The average Bonchev–Trinajstić information content (AvgIpc) is 3.40. The van der Waals surface area contributed by atoms with Crippen LogP contribution in [0.1, 0.15) is 41.5 Å². The smallest absolute Gasteiger partial charge is 0.362 e. The summed E-state index contributed by atoms with van der Waals surface area (Å²) in [6, 6.07) is 15.3. The molecule has 1 unspecified atom stereocenters. The third-order valence-electron chi connectivity index (χ3n) is 6.87. The Morgan fingerprint density at radius 2 is 1.81 bits per heavy atom. The lowest BCUT2D eigenvalue weighted by Gasteiger charge is -2.37. The maximum Gasteiger partial charge on any atom is 0.362 e. The Labute approximate surface area is 189 Å². The summed E-state index contributed by atoms with van der Waals surface area (Å²) in [6.45, 7) is 6.69. The van der Waals surface area contributed by atoms with Gasteiger partial charge >= 0.3 is 5.97 Å². The Morgan fingerprint density at radius 3 is 2.44 bits per heavy atom. The van der Waals surface area contributed by atoms with Gasteiger partial charge in [0.1, 0.15) is 6.61 Å². The van der Waals surface area contributed by atoms with E-state index < -0.39 is 0 Å². The SMILES string of the molecule is Cc1cc(C#N)cc(C)c1N1CCC([N+]2(CC(=O)OCc3ccccc3)CCCC2)C1=O. The van der Waals surface area contributed by atoms with E-state index in [0.29, 0.717) is 16.6 Å². The van der Waals surface area contributed by atoms with Crippen LogP contribution in [-0.4, -0.2) is 48.6 Å². The summed E-state index contributed by atoms with van der Waals surface area (Å²) in [5.74, 6) is -0.161. The van der Waals surface area contributed by atoms with Crippen LogP contribution in [0.15, 0.2) is 42.5 Å². The Kier molecular flexibility index (Phi) is 6.29. The number of hydrogen-bond acceptors (Lipinski definition) is 4. The quantitative estimate of drug-likeness (QED) is 0.516. The lowest BCUT2D eigenvalue weighted by atomic mass is 10.0. The zero-order valence-corrected chi connectivity index (χ0v) is 18.8. The lowest BCUT2D eigenvalue weighted by Crippen LogP contribution is -2.59. The molecular weight excluding hydrogens is 402 g/mol. The molecule has 6 nitrogen and oxygen atoms in total. The molecule has 2 aromatic carbocycles. The Bertz CT molecular complexity index is 1030. The van der Waals surface area contributed by atoms with Crippen molar-refractivity contribution < 1.29 is 18.8 Å². The van der Waals surface area contributed by atoms with Crippen LogP contribution in [0, 0.1) is 25.2 Å². The summed E-state index contributed by atoms with van der Waals surface area (Å²) in [4.78, 5) is 28.3. The van der Waals surface area contributed by atoms with Crippen molar-refractivity contribution in [1.29, 1.82) is 5.26 Å². The molecule has 0 spiro atoms. The molecule has 32 heavy (non-hydrogen) atoms. The highest BCUT2D eigenvalue weighted by atomic mass is 16.5. The van der Waals surface area contributed by atoms with Crippen LogP contribution < -0.4 is 4.90 Å². The number of anilines is 1. The number of benzene rings is 2. The summed E-state index contributed by atoms with van der Waals surface area (Å²) < 4.78 is 6.07. The molecule has 2 aromatic rings. The number of nitrogens with zero attached hydrogens (tertiary/aromatic N) is 3. The van der Waals surface area contributed by atoms with Crippen molar-refractivity contribution in [3.05, 3.63) is 64.7 Å². The van der Waals surface area contributed by atoms with Gasteiger partial charge in [-0.2, -0.15) is 5.26 Å². The zero-order chi connectivity index (χ0) is 22.7. The average molecular weight is 433 g/mol. The van der Waals surface area contributed by atoms with E-state index in [9.17, 15) is 14.9 Å². The van der Waals surface area contributed by atoms with E-state index in [1.165, 1.54) is 0 Å². The number of carbonyl (C=O) groups is 2. The molecule has 2 heterocycles. The minimum Gasteiger partial charge on any atom is -0.457 e. The van der Waals surface area contributed by atoms with Crippen molar-refractivity contribution in [3.63, 3.8) is 0 Å². The summed E-state index contributed by atoms with van der Waals surface area (Å²) in [5, 5.41) is 9.24. The molecule has 0 aromatic heterocycles. The van der Waals surface area contributed by atoms with Gasteiger partial charge in [-0.3, -0.25) is 4.79 Å². The standard InChI is InChI=1S/C26H30N3O3/c1-19-14-22(16-27)15-20(2)25(19)28-11-10-23(26(28)31)29(12-6-7-13-29)17-24(30)32-18-21-8-4-3-5-9-21/h3-5,8-9,14-15,23H,6-7,10-13,17-18H2,1-2H3/q+1. The van der Waals surface area contributed by atoms with Crippen LogP contribution in [0.2, 0.25) is 0 Å². The molecule has 2 aliphatic rings. The van der Waals surface area contributed by atoms with Crippen molar-refractivity contribution in [3.8, 4) is 6.07 Å². The van der Waals surface area contributed by atoms with Gasteiger partial charge in [0.05, 0.1) is 24.7 Å². The first-order valence-corrected chi connectivity index (χ1v) is 11.3. The van der Waals surface area contributed by atoms with Gasteiger partial charge < -0.3 is 14.1 Å². The Morgan fingerprint density at radius 1 is 1.16 bits per heavy atom. The van der Waals surface area contributed by atoms with E-state index >= 15 is 0 Å². The third-order valence-corrected chi connectivity index (χ3v) is 6.87. The number of hydrogen-bond donors (Lipinski definition) is 0. The maximum absolute atomic E-state index is 13.6. The molecule has 6 heteroatoms. The number of quaternary nitrogens is 1. The molecule has 1 atom stereocenters. The number of rotatable bonds is 6. The van der Waals surface area contributed by atoms with Crippen molar-refractivity contribution in [2.75, 3.05) is 31.1 Å². The van der Waals surface area contributed by atoms with Crippen LogP contribution in [0.3, 0.4) is 0 Å². The Hall–Kier alpha value is -3.17. The number of nitriles is 1. The van der Waals surface area contributed by atoms with Gasteiger partial charge in [-0.15, -0.1) is 0 Å². The van der Waals surface area contributed by atoms with Gasteiger partial charge in [0.15, 0.2) is 12.6 Å². The van der Waals surface area contributed by atoms with E-state index in [2.05, 4.69) is 6.07 Å². The number of amides is 1. The minimum absolute atomic E-state index is 0.0821. The number of esters is 1. The van der Waals surface area contributed by atoms with Gasteiger partial charge in [0.25, 0.3) is 5.91 Å². The molecule has 0 bridgehead atoms. The summed E-state index contributed by atoms with van der Waals surface area (Å²) >= 11 is 0. The summed E-state index contributed by atoms with van der Waals surface area (Å²) in [7, 11) is 0. The van der Waals surface area contributed by atoms with Gasteiger partial charge in [0, 0.05) is 31.5 Å². The van der Waals surface area contributed by atoms with Gasteiger partial charge in [-0.1, -0.05) is 30.3 Å². The van der Waals surface area contributed by atoms with Crippen molar-refractivity contribution in [2.24, 2.45) is 0 Å². The normalized spacial score (nSPS) is 19.7. The maximum atomic E-state index is 13.6. The monoisotopic (exact) mass is 432 g/mol. The van der Waals surface area contributed by atoms with Crippen LogP contribution >= 0.6 is 0 Å². The van der Waals surface area contributed by atoms with Gasteiger partial charge in [0.2, 0.25) is 0 Å². The predicted octanol–water partition coefficient (Wildman–Crippen LogP) is 3.63. The van der Waals surface area contributed by atoms with E-state index in [0.717, 1.165) is 54.7 Å². The lowest BCUT2D eigenvalue weighted by molar-refractivity contribution is -0.924. The largest absolute Gasteiger partial charge is 0.457 e. The van der Waals surface area contributed by atoms with Crippen LogP contribution in [-0.2, 0) is 20.9 Å². The zero-order valence-electron chi connectivity index (χ0n) is 18.8. The molecular formula is C26H30N3O3+. The van der Waals surface area contributed by atoms with Gasteiger partial charge in [-0.05, 0) is 42.7 Å². The molecule has 4 rings (SSSR count).